The smallest absolute Gasteiger partial charge is 0.259 e. The van der Waals surface area contributed by atoms with E-state index in [0.29, 0.717) is 5.69 Å². The summed E-state index contributed by atoms with van der Waals surface area (Å²) in [6.07, 6.45) is 0. The van der Waals surface area contributed by atoms with Crippen LogP contribution in [0.4, 0.5) is 5.69 Å². The molecule has 0 amide bonds. The van der Waals surface area contributed by atoms with Crippen LogP contribution >= 0.6 is 0 Å². The number of benzene rings is 1. The van der Waals surface area contributed by atoms with Crippen molar-refractivity contribution in [1.29, 1.82) is 0 Å². The van der Waals surface area contributed by atoms with E-state index in [1.54, 1.807) is 12.1 Å². The molecule has 1 aromatic carbocycles. The Morgan fingerprint density at radius 3 is 2.38 bits per heavy atom. The molecule has 0 aliphatic heterocycles. The van der Waals surface area contributed by atoms with Crippen molar-refractivity contribution in [1.82, 2.24) is 0 Å². The lowest BCUT2D eigenvalue weighted by Gasteiger charge is -2.06. The molecule has 1 unspecified atom stereocenters. The van der Waals surface area contributed by atoms with Crippen molar-refractivity contribution < 1.29 is 8.76 Å². The fraction of sp³-hybridized carbons (Fsp3) is 0.250. The summed E-state index contributed by atoms with van der Waals surface area (Å²) in [5.74, 6) is 0. The summed E-state index contributed by atoms with van der Waals surface area (Å²) in [6.45, 7) is 1.88. The van der Waals surface area contributed by atoms with Crippen molar-refractivity contribution >= 4 is 17.0 Å². The fourth-order valence-electron chi connectivity index (χ4n) is 0.956. The molecule has 0 aliphatic rings. The molecule has 1 rings (SSSR count). The van der Waals surface area contributed by atoms with Gasteiger partial charge in [-0.15, -0.1) is 0 Å². The first kappa shape index (κ1) is 10.2. The topological polar surface area (TPSA) is 75.3 Å². The monoisotopic (exact) mass is 200 g/mol. The average Bonchev–Trinajstić information content (AvgIpc) is 2.04. The molecule has 4 nitrogen and oxygen atoms in total. The first-order valence-electron chi connectivity index (χ1n) is 3.82. The lowest BCUT2D eigenvalue weighted by molar-refractivity contribution is 0.570. The van der Waals surface area contributed by atoms with Crippen LogP contribution in [0.3, 0.4) is 0 Å². The molecule has 0 radical (unpaired) electrons. The Balaban J connectivity index is 2.75. The van der Waals surface area contributed by atoms with E-state index in [9.17, 15) is 4.21 Å². The van der Waals surface area contributed by atoms with E-state index in [0.717, 1.165) is 5.56 Å². The van der Waals surface area contributed by atoms with Gasteiger partial charge in [0, 0.05) is 11.7 Å². The molecular weight excluding hydrogens is 188 g/mol. The Bertz CT molecular complexity index is 298. The highest BCUT2D eigenvalue weighted by Crippen LogP contribution is 2.14. The Kier molecular flexibility index (Phi) is 3.41. The number of nitrogens with two attached hydrogens (primary N) is 1. The number of anilines is 1. The molecule has 0 aliphatic carbocycles. The van der Waals surface area contributed by atoms with Crippen LogP contribution in [0.5, 0.6) is 0 Å². The van der Waals surface area contributed by atoms with E-state index < -0.39 is 11.3 Å². The molecule has 1 aromatic rings. The third-order valence-corrected chi connectivity index (χ3v) is 2.05. The van der Waals surface area contributed by atoms with Gasteiger partial charge >= 0.3 is 0 Å². The molecule has 0 fully saturated rings. The van der Waals surface area contributed by atoms with Gasteiger partial charge in [-0.25, -0.2) is 4.21 Å². The highest BCUT2D eigenvalue weighted by Gasteiger charge is 1.99. The Hall–Kier alpha value is -0.910. The Morgan fingerprint density at radius 2 is 2.00 bits per heavy atom. The normalized spacial score (nSPS) is 15.0. The van der Waals surface area contributed by atoms with Gasteiger partial charge < -0.3 is 5.73 Å². The predicted octanol–water partition coefficient (Wildman–Crippen LogP) is 1.25. The van der Waals surface area contributed by atoms with Gasteiger partial charge in [0.05, 0.1) is 0 Å². The molecule has 13 heavy (non-hydrogen) atoms. The standard InChI is InChI=1S/C8H12N2O2S/c1-6(9)7-2-4-8(5-3-7)10-13(11)12/h2-6,10H,9H2,1H3,(H,11,12)/t6-/m1/s1. The summed E-state index contributed by atoms with van der Waals surface area (Å²) >= 11 is -2.02. The van der Waals surface area contributed by atoms with Gasteiger partial charge in [0.15, 0.2) is 0 Å². The number of hydrogen-bond donors (Lipinski definition) is 3. The van der Waals surface area contributed by atoms with Crippen LogP contribution in [0.2, 0.25) is 0 Å². The third kappa shape index (κ3) is 3.14. The van der Waals surface area contributed by atoms with Crippen LogP contribution in [-0.4, -0.2) is 8.76 Å². The van der Waals surface area contributed by atoms with Crippen LogP contribution in [0.1, 0.15) is 18.5 Å². The van der Waals surface area contributed by atoms with E-state index in [1.165, 1.54) is 0 Å². The molecule has 0 saturated carbocycles. The minimum atomic E-state index is -2.02. The van der Waals surface area contributed by atoms with Crippen LogP contribution in [0, 0.1) is 0 Å². The summed E-state index contributed by atoms with van der Waals surface area (Å²) < 4.78 is 21.2. The summed E-state index contributed by atoms with van der Waals surface area (Å²) in [6, 6.07) is 7.05. The van der Waals surface area contributed by atoms with Crippen LogP contribution in [0.15, 0.2) is 24.3 Å². The summed E-state index contributed by atoms with van der Waals surface area (Å²) in [5.41, 5.74) is 7.23. The molecule has 5 heteroatoms. The van der Waals surface area contributed by atoms with Gasteiger partial charge in [0.2, 0.25) is 0 Å². The molecule has 4 N–H and O–H groups in total. The lowest BCUT2D eigenvalue weighted by atomic mass is 10.1. The molecule has 0 saturated heterocycles. The third-order valence-electron chi connectivity index (χ3n) is 1.64. The number of hydrogen-bond acceptors (Lipinski definition) is 2. The Morgan fingerprint density at radius 1 is 1.46 bits per heavy atom. The van der Waals surface area contributed by atoms with Crippen molar-refractivity contribution in [3.05, 3.63) is 29.8 Å². The molecule has 0 spiro atoms. The molecular formula is C8H12N2O2S. The van der Waals surface area contributed by atoms with Crippen LogP contribution < -0.4 is 10.5 Å². The quantitative estimate of drug-likeness (QED) is 0.643. The zero-order chi connectivity index (χ0) is 9.84. The van der Waals surface area contributed by atoms with Crippen molar-refractivity contribution in [2.75, 3.05) is 4.72 Å². The van der Waals surface area contributed by atoms with Crippen molar-refractivity contribution in [2.24, 2.45) is 5.73 Å². The maximum atomic E-state index is 10.4. The van der Waals surface area contributed by atoms with Crippen LogP contribution in [0.25, 0.3) is 0 Å². The fourth-order valence-corrected chi connectivity index (χ4v) is 1.29. The second kappa shape index (κ2) is 4.36. The maximum Gasteiger partial charge on any atom is 0.259 e. The first-order chi connectivity index (χ1) is 6.09. The molecule has 0 bridgehead atoms. The molecule has 72 valence electrons. The zero-order valence-electron chi connectivity index (χ0n) is 7.23. The lowest BCUT2D eigenvalue weighted by Crippen LogP contribution is -2.05. The molecule has 0 aromatic heterocycles. The maximum absolute atomic E-state index is 10.4. The molecule has 0 heterocycles. The van der Waals surface area contributed by atoms with Gasteiger partial charge in [-0.1, -0.05) is 12.1 Å². The van der Waals surface area contributed by atoms with Gasteiger partial charge in [-0.2, -0.15) is 0 Å². The van der Waals surface area contributed by atoms with Crippen molar-refractivity contribution in [2.45, 2.75) is 13.0 Å². The van der Waals surface area contributed by atoms with Gasteiger partial charge in [-0.3, -0.25) is 9.27 Å². The van der Waals surface area contributed by atoms with E-state index in [-0.39, 0.29) is 6.04 Å². The van der Waals surface area contributed by atoms with E-state index in [1.807, 2.05) is 19.1 Å². The minimum absolute atomic E-state index is 0.0197. The number of rotatable bonds is 3. The highest BCUT2D eigenvalue weighted by molar-refractivity contribution is 7.80. The highest BCUT2D eigenvalue weighted by atomic mass is 32.2. The van der Waals surface area contributed by atoms with Gasteiger partial charge in [-0.05, 0) is 24.6 Å². The second-order valence-electron chi connectivity index (χ2n) is 2.76. The SMILES string of the molecule is C[C@@H](N)c1ccc(NS(=O)O)cc1. The summed E-state index contributed by atoms with van der Waals surface area (Å²) in [5, 5.41) is 0. The van der Waals surface area contributed by atoms with E-state index in [4.69, 9.17) is 10.3 Å². The second-order valence-corrected chi connectivity index (χ2v) is 3.46. The largest absolute Gasteiger partial charge is 0.324 e. The van der Waals surface area contributed by atoms with Gasteiger partial charge in [0.25, 0.3) is 11.3 Å². The minimum Gasteiger partial charge on any atom is -0.324 e. The molecule has 2 atom stereocenters. The van der Waals surface area contributed by atoms with Crippen molar-refractivity contribution in [3.8, 4) is 0 Å². The summed E-state index contributed by atoms with van der Waals surface area (Å²) in [7, 11) is 0. The average molecular weight is 200 g/mol. The van der Waals surface area contributed by atoms with Crippen LogP contribution in [-0.2, 0) is 11.3 Å². The van der Waals surface area contributed by atoms with E-state index >= 15 is 0 Å². The van der Waals surface area contributed by atoms with Crippen molar-refractivity contribution in [3.63, 3.8) is 0 Å². The number of nitrogens with one attached hydrogen (secondary N) is 1. The summed E-state index contributed by atoms with van der Waals surface area (Å²) in [4.78, 5) is 0. The van der Waals surface area contributed by atoms with E-state index in [2.05, 4.69) is 4.72 Å². The zero-order valence-corrected chi connectivity index (χ0v) is 8.04. The first-order valence-corrected chi connectivity index (χ1v) is 4.93. The predicted molar refractivity (Wildman–Crippen MR) is 53.4 cm³/mol. The van der Waals surface area contributed by atoms with Gasteiger partial charge in [0.1, 0.15) is 0 Å². The Labute approximate surface area is 79.6 Å².